The first-order valence-electron chi connectivity index (χ1n) is 18.0. The Hall–Kier alpha value is -5.87. The third-order valence-electron chi connectivity index (χ3n) is 8.68. The van der Waals surface area contributed by atoms with Gasteiger partial charge < -0.3 is 39.1 Å². The normalized spacial score (nSPS) is 18.3. The summed E-state index contributed by atoms with van der Waals surface area (Å²) < 4.78 is 32.6. The van der Waals surface area contributed by atoms with E-state index in [0.29, 0.717) is 31.6 Å². The van der Waals surface area contributed by atoms with Crippen molar-refractivity contribution in [2.75, 3.05) is 40.1 Å². The average Bonchev–Trinajstić information content (AvgIpc) is 3.60. The highest BCUT2D eigenvalue weighted by atomic mass is 16.6. The van der Waals surface area contributed by atoms with Crippen molar-refractivity contribution in [1.82, 2.24) is 25.6 Å². The van der Waals surface area contributed by atoms with Crippen molar-refractivity contribution in [3.8, 4) is 24.7 Å². The maximum absolute atomic E-state index is 13.4. The van der Waals surface area contributed by atoms with Crippen LogP contribution in [0.1, 0.15) is 70.2 Å². The maximum Gasteiger partial charge on any atom is 0.408 e. The van der Waals surface area contributed by atoms with Crippen LogP contribution in [0.2, 0.25) is 0 Å². The quantitative estimate of drug-likeness (QED) is 0.0847. The Bertz CT molecular complexity index is 1730. The summed E-state index contributed by atoms with van der Waals surface area (Å²) in [5, 5.41) is 14.1. The summed E-state index contributed by atoms with van der Waals surface area (Å²) in [7, 11) is 1.58. The van der Waals surface area contributed by atoms with Crippen LogP contribution in [0.4, 0.5) is 9.59 Å². The van der Waals surface area contributed by atoms with E-state index in [1.165, 1.54) is 10.9 Å². The Morgan fingerprint density at radius 1 is 0.929 bits per heavy atom. The van der Waals surface area contributed by atoms with Crippen LogP contribution in [-0.2, 0) is 56.0 Å². The highest BCUT2D eigenvalue weighted by Crippen LogP contribution is 2.46. The topological polar surface area (TPSA) is 195 Å². The molecule has 1 fully saturated rings. The highest BCUT2D eigenvalue weighted by molar-refractivity contribution is 5.84. The molecule has 2 amide bonds. The third-order valence-corrected chi connectivity index (χ3v) is 8.68. The number of alkyl carbamates (subject to hydrolysis) is 2. The molecule has 0 bridgehead atoms. The molecule has 1 heterocycles. The number of benzene rings is 1. The summed E-state index contributed by atoms with van der Waals surface area (Å²) in [5.41, 5.74) is 0.519. The second-order valence-corrected chi connectivity index (χ2v) is 14.5. The molecule has 0 saturated heterocycles. The number of carbonyl (C=O) groups excluding carboxylic acids is 5. The maximum atomic E-state index is 13.4. The molecule has 2 N–H and O–H groups in total. The lowest BCUT2D eigenvalue weighted by atomic mass is 9.62. The van der Waals surface area contributed by atoms with E-state index in [-0.39, 0.29) is 55.5 Å². The molecular weight excluding hydrogens is 726 g/mol. The van der Waals surface area contributed by atoms with Crippen molar-refractivity contribution in [3.63, 3.8) is 0 Å². The van der Waals surface area contributed by atoms with Crippen LogP contribution < -0.4 is 10.6 Å². The fraction of sp³-hybridized carbons (Fsp3) is 0.525. The van der Waals surface area contributed by atoms with Gasteiger partial charge in [-0.1, -0.05) is 74.2 Å². The number of esters is 3. The number of methoxy groups -OCH3 is 1. The second-order valence-electron chi connectivity index (χ2n) is 14.5. The minimum Gasteiger partial charge on any atom is -0.459 e. The number of nitrogens with zero attached hydrogens (tertiary/aromatic N) is 3. The van der Waals surface area contributed by atoms with E-state index in [1.54, 1.807) is 19.3 Å². The van der Waals surface area contributed by atoms with Crippen LogP contribution >= 0.6 is 0 Å². The van der Waals surface area contributed by atoms with Gasteiger partial charge in [0.05, 0.1) is 38.1 Å². The Balaban J connectivity index is 1.59. The molecule has 3 rings (SSSR count). The number of amides is 2. The predicted octanol–water partition coefficient (Wildman–Crippen LogP) is 4.05. The predicted molar refractivity (Wildman–Crippen MR) is 201 cm³/mol. The van der Waals surface area contributed by atoms with Crippen molar-refractivity contribution in [2.24, 2.45) is 16.7 Å². The molecule has 1 aromatic heterocycles. The number of terminal acetylenes is 2. The number of carbonyl (C=O) groups is 5. The zero-order valence-corrected chi connectivity index (χ0v) is 32.3. The first kappa shape index (κ1) is 44.5. The van der Waals surface area contributed by atoms with Crippen LogP contribution in [-0.4, -0.2) is 91.2 Å². The molecule has 4 unspecified atom stereocenters. The Morgan fingerprint density at radius 2 is 1.61 bits per heavy atom. The molecule has 56 heavy (non-hydrogen) atoms. The van der Waals surface area contributed by atoms with Crippen LogP contribution in [0.25, 0.3) is 0 Å². The highest BCUT2D eigenvalue weighted by Gasteiger charge is 2.42. The van der Waals surface area contributed by atoms with Crippen molar-refractivity contribution in [3.05, 3.63) is 59.9 Å². The van der Waals surface area contributed by atoms with E-state index in [9.17, 15) is 24.0 Å². The largest absolute Gasteiger partial charge is 0.459 e. The fourth-order valence-electron chi connectivity index (χ4n) is 6.70. The molecule has 0 aliphatic heterocycles. The minimum atomic E-state index is -1.21. The van der Waals surface area contributed by atoms with Gasteiger partial charge in [0.2, 0.25) is 0 Å². The molecule has 302 valence electrons. The van der Waals surface area contributed by atoms with E-state index in [0.717, 1.165) is 6.42 Å². The Morgan fingerprint density at radius 3 is 2.30 bits per heavy atom. The summed E-state index contributed by atoms with van der Waals surface area (Å²) in [6.45, 7) is 6.41. The molecule has 1 aromatic carbocycles. The Kier molecular flexibility index (Phi) is 17.9. The zero-order valence-electron chi connectivity index (χ0n) is 32.3. The van der Waals surface area contributed by atoms with Gasteiger partial charge in [0.1, 0.15) is 25.0 Å². The van der Waals surface area contributed by atoms with E-state index in [2.05, 4.69) is 53.6 Å². The third kappa shape index (κ3) is 16.2. The van der Waals surface area contributed by atoms with Gasteiger partial charge in [-0.2, -0.15) is 0 Å². The molecule has 1 saturated carbocycles. The molecule has 0 radical (unpaired) electrons. The van der Waals surface area contributed by atoms with E-state index in [4.69, 9.17) is 41.3 Å². The van der Waals surface area contributed by atoms with Gasteiger partial charge in [-0.05, 0) is 41.7 Å². The van der Waals surface area contributed by atoms with Gasteiger partial charge in [-0.3, -0.25) is 14.4 Å². The van der Waals surface area contributed by atoms with Crippen molar-refractivity contribution in [2.45, 2.75) is 78.2 Å². The fourth-order valence-corrected chi connectivity index (χ4v) is 6.70. The van der Waals surface area contributed by atoms with Crippen LogP contribution in [0.5, 0.6) is 0 Å². The van der Waals surface area contributed by atoms with E-state index < -0.39 is 55.0 Å². The molecule has 1 aliphatic rings. The van der Waals surface area contributed by atoms with Gasteiger partial charge in [0.15, 0.2) is 13.2 Å². The van der Waals surface area contributed by atoms with Crippen LogP contribution in [0.3, 0.4) is 0 Å². The van der Waals surface area contributed by atoms with Gasteiger partial charge in [-0.25, -0.2) is 14.3 Å². The number of nitrogens with one attached hydrogen (secondary N) is 2. The monoisotopic (exact) mass is 777 g/mol. The van der Waals surface area contributed by atoms with Gasteiger partial charge >= 0.3 is 30.1 Å². The summed E-state index contributed by atoms with van der Waals surface area (Å²) in [4.78, 5) is 62.9. The second kappa shape index (κ2) is 22.5. The van der Waals surface area contributed by atoms with E-state index in [1.807, 2.05) is 30.3 Å². The molecule has 1 aliphatic carbocycles. The first-order chi connectivity index (χ1) is 26.7. The molecular formula is C40H51N5O11. The summed E-state index contributed by atoms with van der Waals surface area (Å²) >= 11 is 0. The zero-order chi connectivity index (χ0) is 41.0. The SMILES string of the molecule is C#CCOC(=O)CC(CC(=O)OCc1cn(CC(OC(=O)NC2CC(C)(C)CC(C)(CNC(=O)OC/C=C\COC)C2)c2ccccc2)nn1)C(=O)OCC#C. The van der Waals surface area contributed by atoms with Crippen molar-refractivity contribution >= 4 is 30.1 Å². The summed E-state index contributed by atoms with van der Waals surface area (Å²) in [6.07, 6.45) is 14.5. The van der Waals surface area contributed by atoms with Crippen molar-refractivity contribution in [1.29, 1.82) is 0 Å². The van der Waals surface area contributed by atoms with Crippen LogP contribution in [0.15, 0.2) is 48.7 Å². The molecule has 2 aromatic rings. The molecule has 4 atom stereocenters. The van der Waals surface area contributed by atoms with Crippen LogP contribution in [0, 0.1) is 41.4 Å². The number of ether oxygens (including phenoxy) is 6. The average molecular weight is 778 g/mol. The number of aromatic nitrogens is 3. The minimum absolute atomic E-state index is 0.0851. The standard InChI is InChI=1S/C40H51N5O11/c1-7-16-52-34(46)20-30(36(48)53-17-8-2)21-35(47)55-26-32-24-45(44-43-32)25-33(29-14-10-9-11-15-29)56-38(50)42-31-22-39(3,4)27-40(5,23-31)28-41-37(49)54-19-13-12-18-51-6/h1-2,9-15,24,30-31,33H,16-23,25-28H2,3-6H3,(H,41,49)(H,42,50)/b13-12-. The molecule has 0 spiro atoms. The number of hydrogen-bond acceptors (Lipinski definition) is 13. The molecule has 16 nitrogen and oxygen atoms in total. The summed E-state index contributed by atoms with van der Waals surface area (Å²) in [6, 6.07) is 8.90. The summed E-state index contributed by atoms with van der Waals surface area (Å²) in [5.74, 6) is 0.624. The lowest BCUT2D eigenvalue weighted by Gasteiger charge is -2.46. The smallest absolute Gasteiger partial charge is 0.408 e. The van der Waals surface area contributed by atoms with Crippen molar-refractivity contribution < 1.29 is 52.4 Å². The van der Waals surface area contributed by atoms with Gasteiger partial charge in [0.25, 0.3) is 0 Å². The lowest BCUT2D eigenvalue weighted by molar-refractivity contribution is -0.158. The van der Waals surface area contributed by atoms with Gasteiger partial charge in [-0.15, -0.1) is 17.9 Å². The Labute approximate surface area is 327 Å². The lowest BCUT2D eigenvalue weighted by Crippen LogP contribution is -2.50. The first-order valence-corrected chi connectivity index (χ1v) is 18.0. The molecule has 16 heteroatoms. The van der Waals surface area contributed by atoms with Gasteiger partial charge in [0, 0.05) is 19.7 Å². The number of rotatable bonds is 20. The number of hydrogen-bond donors (Lipinski definition) is 2. The van der Waals surface area contributed by atoms with E-state index >= 15 is 0 Å².